The van der Waals surface area contributed by atoms with E-state index in [-0.39, 0.29) is 61.5 Å². The van der Waals surface area contributed by atoms with Crippen LogP contribution in [0.3, 0.4) is 0 Å². The summed E-state index contributed by atoms with van der Waals surface area (Å²) in [4.78, 5) is 25.6. The minimum Gasteiger partial charge on any atom is -0.363 e. The molecule has 0 saturated carbocycles. The quantitative estimate of drug-likeness (QED) is 0.107. The number of hydrogen-bond donors (Lipinski definition) is 0. The molecule has 6 rings (SSSR count). The lowest BCUT2D eigenvalue weighted by molar-refractivity contribution is -0.384. The molecule has 2 saturated heterocycles. The van der Waals surface area contributed by atoms with E-state index in [1.807, 2.05) is 0 Å². The van der Waals surface area contributed by atoms with Gasteiger partial charge in [-0.1, -0.05) is 29.3 Å². The summed E-state index contributed by atoms with van der Waals surface area (Å²) in [5.41, 5.74) is -2.76. The zero-order valence-corrected chi connectivity index (χ0v) is 26.5. The first-order chi connectivity index (χ1) is 23.3. The van der Waals surface area contributed by atoms with Crippen LogP contribution in [-0.2, 0) is 0 Å². The number of nitro benzene ring substituents is 2. The lowest BCUT2D eigenvalue weighted by Gasteiger charge is -2.38. The smallest absolute Gasteiger partial charge is 0.288 e. The van der Waals surface area contributed by atoms with Crippen LogP contribution in [0.25, 0.3) is 0 Å². The highest BCUT2D eigenvalue weighted by Gasteiger charge is 2.41. The zero-order valence-electron chi connectivity index (χ0n) is 25.0. The first-order valence-corrected chi connectivity index (χ1v) is 15.5. The van der Waals surface area contributed by atoms with E-state index in [9.17, 15) is 29.0 Å². The van der Waals surface area contributed by atoms with Gasteiger partial charge in [0, 0.05) is 55.1 Å². The number of anilines is 3. The van der Waals surface area contributed by atoms with Crippen molar-refractivity contribution in [3.05, 3.63) is 131 Å². The Morgan fingerprint density at radius 1 is 0.592 bits per heavy atom. The Bertz CT molecular complexity index is 1880. The van der Waals surface area contributed by atoms with E-state index in [1.165, 1.54) is 20.8 Å². The maximum absolute atomic E-state index is 16.0. The molecule has 0 aromatic heterocycles. The third-order valence-electron chi connectivity index (χ3n) is 8.78. The van der Waals surface area contributed by atoms with E-state index in [0.717, 1.165) is 48.5 Å². The summed E-state index contributed by atoms with van der Waals surface area (Å²) in [6, 6.07) is 6.17. The summed E-state index contributed by atoms with van der Waals surface area (Å²) >= 11 is 11.8. The van der Waals surface area contributed by atoms with Gasteiger partial charge in [0.2, 0.25) is 0 Å². The van der Waals surface area contributed by atoms with E-state index < -0.39 is 83.9 Å². The molecule has 9 nitrogen and oxygen atoms in total. The molecule has 2 aliphatic heterocycles. The van der Waals surface area contributed by atoms with E-state index >= 15 is 17.6 Å². The Labute approximate surface area is 284 Å². The van der Waals surface area contributed by atoms with Crippen LogP contribution in [0.1, 0.15) is 36.1 Å². The number of halogens is 8. The molecule has 0 unspecified atom stereocenters. The van der Waals surface area contributed by atoms with Crippen molar-refractivity contribution in [2.75, 3.05) is 40.9 Å². The van der Waals surface area contributed by atoms with Gasteiger partial charge in [0.25, 0.3) is 11.4 Å². The lowest BCUT2D eigenvalue weighted by Crippen LogP contribution is -2.47. The topological polar surface area (TPSA) is 96.0 Å². The molecule has 2 fully saturated rings. The predicted molar refractivity (Wildman–Crippen MR) is 170 cm³/mol. The number of para-hydroxylation sites is 1. The molecule has 2 atom stereocenters. The van der Waals surface area contributed by atoms with Crippen molar-refractivity contribution >= 4 is 51.6 Å². The molecule has 17 heteroatoms. The number of hydrogen-bond acceptors (Lipinski definition) is 7. The minimum absolute atomic E-state index is 0.0181. The molecule has 256 valence electrons. The van der Waals surface area contributed by atoms with Gasteiger partial charge in [0.05, 0.1) is 21.9 Å². The van der Waals surface area contributed by atoms with Crippen molar-refractivity contribution in [1.82, 2.24) is 0 Å². The first-order valence-electron chi connectivity index (χ1n) is 14.7. The highest BCUT2D eigenvalue weighted by atomic mass is 35.5. The van der Waals surface area contributed by atoms with Crippen molar-refractivity contribution in [2.24, 2.45) is 0 Å². The molecule has 4 aromatic carbocycles. The molecule has 0 N–H and O–H groups in total. The maximum atomic E-state index is 16.0. The fourth-order valence-electron chi connectivity index (χ4n) is 6.63. The number of benzene rings is 4. The van der Waals surface area contributed by atoms with Gasteiger partial charge in [-0.25, -0.2) is 26.3 Å². The van der Waals surface area contributed by atoms with Crippen LogP contribution in [0.2, 0.25) is 10.0 Å². The maximum Gasteiger partial charge on any atom is 0.288 e. The fourth-order valence-corrected chi connectivity index (χ4v) is 7.07. The lowest BCUT2D eigenvalue weighted by atomic mass is 10.0. The number of nitro groups is 2. The Morgan fingerprint density at radius 3 is 1.37 bits per heavy atom. The molecular weight excluding hydrogens is 703 g/mol. The second kappa shape index (κ2) is 13.3. The molecule has 0 amide bonds. The largest absolute Gasteiger partial charge is 0.363 e. The van der Waals surface area contributed by atoms with Gasteiger partial charge in [-0.15, -0.1) is 0 Å². The first kappa shape index (κ1) is 34.1. The normalized spacial score (nSPS) is 17.9. The summed E-state index contributed by atoms with van der Waals surface area (Å²) in [5, 5.41) is 22.3. The second-order valence-corrected chi connectivity index (χ2v) is 12.3. The van der Waals surface area contributed by atoms with Crippen molar-refractivity contribution < 1.29 is 36.2 Å². The standard InChI is InChI=1S/C32H23Cl2F6N5O4/c33-19-14-23(37)17(12-29(19)44(46)47)27-4-5-28(18-13-30(45(48)49)20(34)15-24(18)38)43(27)16-10-25(39)32(26(40)11-16)42-8-6-41(7-9-42)31-21(35)2-1-3-22(31)36/h1-3,10-15,27-28H,4-9H2/t27-,28-/m0/s1. The molecular formula is C32H23Cl2F6N5O4. The monoisotopic (exact) mass is 725 g/mol. The van der Waals surface area contributed by atoms with Gasteiger partial charge in [0.1, 0.15) is 44.7 Å². The van der Waals surface area contributed by atoms with Crippen LogP contribution >= 0.6 is 23.2 Å². The Hall–Kier alpha value is -4.76. The molecule has 49 heavy (non-hydrogen) atoms. The third-order valence-corrected chi connectivity index (χ3v) is 9.38. The molecule has 0 bridgehead atoms. The summed E-state index contributed by atoms with van der Waals surface area (Å²) < 4.78 is 91.4. The number of piperazine rings is 1. The summed E-state index contributed by atoms with van der Waals surface area (Å²) in [6.45, 7) is 0.0144. The predicted octanol–water partition coefficient (Wildman–Crippen LogP) is 9.05. The van der Waals surface area contributed by atoms with Crippen LogP contribution in [-0.4, -0.2) is 36.0 Å². The average Bonchev–Trinajstić information content (AvgIpc) is 3.45. The SMILES string of the molecule is O=[N+]([O-])c1cc([C@@H]2CC[C@@H](c3cc([N+](=O)[O-])c(Cl)cc3F)N2c2cc(F)c(N3CCN(c4c(F)cccc4F)CC3)c(F)c2)c(F)cc1Cl. The van der Waals surface area contributed by atoms with Gasteiger partial charge in [-0.05, 0) is 49.2 Å². The van der Waals surface area contributed by atoms with E-state index in [4.69, 9.17) is 23.2 Å². The summed E-state index contributed by atoms with van der Waals surface area (Å²) in [6.07, 6.45) is -0.0361. The van der Waals surface area contributed by atoms with Gasteiger partial charge >= 0.3 is 0 Å². The van der Waals surface area contributed by atoms with Gasteiger partial charge in [-0.2, -0.15) is 0 Å². The van der Waals surface area contributed by atoms with Crippen LogP contribution in [0, 0.1) is 55.1 Å². The molecule has 2 heterocycles. The summed E-state index contributed by atoms with van der Waals surface area (Å²) in [7, 11) is 0. The van der Waals surface area contributed by atoms with Crippen molar-refractivity contribution in [1.29, 1.82) is 0 Å². The fraction of sp³-hybridized carbons (Fsp3) is 0.250. The molecule has 0 aliphatic carbocycles. The van der Waals surface area contributed by atoms with Crippen molar-refractivity contribution in [3.8, 4) is 0 Å². The Morgan fingerprint density at radius 2 is 0.980 bits per heavy atom. The van der Waals surface area contributed by atoms with Crippen molar-refractivity contribution in [2.45, 2.75) is 24.9 Å². The molecule has 4 aromatic rings. The minimum atomic E-state index is -1.17. The van der Waals surface area contributed by atoms with Crippen LogP contribution in [0.5, 0.6) is 0 Å². The highest BCUT2D eigenvalue weighted by molar-refractivity contribution is 6.33. The van der Waals surface area contributed by atoms with Gasteiger partial charge < -0.3 is 14.7 Å². The van der Waals surface area contributed by atoms with Crippen LogP contribution in [0.4, 0.5) is 54.8 Å². The zero-order chi connectivity index (χ0) is 35.3. The number of nitrogens with zero attached hydrogens (tertiary/aromatic N) is 5. The van der Waals surface area contributed by atoms with Crippen LogP contribution in [0.15, 0.2) is 54.6 Å². The van der Waals surface area contributed by atoms with E-state index in [1.54, 1.807) is 0 Å². The third kappa shape index (κ3) is 6.28. The highest BCUT2D eigenvalue weighted by Crippen LogP contribution is 2.50. The van der Waals surface area contributed by atoms with Crippen molar-refractivity contribution in [3.63, 3.8) is 0 Å². The Balaban J connectivity index is 1.40. The van der Waals surface area contributed by atoms with E-state index in [0.29, 0.717) is 0 Å². The van der Waals surface area contributed by atoms with Gasteiger partial charge in [-0.3, -0.25) is 20.2 Å². The Kier molecular flexibility index (Phi) is 9.24. The molecule has 0 radical (unpaired) electrons. The molecule has 2 aliphatic rings. The van der Waals surface area contributed by atoms with Gasteiger partial charge in [0.15, 0.2) is 11.6 Å². The number of rotatable bonds is 7. The average molecular weight is 726 g/mol. The van der Waals surface area contributed by atoms with Crippen LogP contribution < -0.4 is 14.7 Å². The van der Waals surface area contributed by atoms with E-state index in [2.05, 4.69) is 0 Å². The molecule has 0 spiro atoms. The second-order valence-electron chi connectivity index (χ2n) is 11.5. The summed E-state index contributed by atoms with van der Waals surface area (Å²) in [5.74, 6) is -5.67.